The molecule has 0 spiro atoms. The second kappa shape index (κ2) is 13.5. The van der Waals surface area contributed by atoms with Gasteiger partial charge < -0.3 is 24.6 Å². The predicted molar refractivity (Wildman–Crippen MR) is 134 cm³/mol. The fourth-order valence-corrected chi connectivity index (χ4v) is 4.15. The summed E-state index contributed by atoms with van der Waals surface area (Å²) in [5, 5.41) is 3.56. The van der Waals surface area contributed by atoms with E-state index in [0.29, 0.717) is 12.2 Å². The molecular weight excluding hydrogens is 491 g/mol. The molecule has 7 heteroatoms. The Kier molecular flexibility index (Phi) is 11.4. The molecule has 1 aromatic carbocycles. The Morgan fingerprint density at radius 1 is 1.17 bits per heavy atom. The molecule has 0 radical (unpaired) electrons. The van der Waals surface area contributed by atoms with Crippen LogP contribution in [-0.2, 0) is 22.6 Å². The third-order valence-electron chi connectivity index (χ3n) is 5.79. The molecule has 0 amide bonds. The standard InChI is InChI=1S/C23H38N4O2.HI/c1-24-23(25-16-19-8-4-5-9-20(19)17-26(2)3)27-13-11-21(12-14-27)29-18-22-10-6-7-15-28-22;/h4-5,8-9,21-22H,6-7,10-18H2,1-3H3,(H,24,25);1H. The Hall–Kier alpha value is -0.900. The summed E-state index contributed by atoms with van der Waals surface area (Å²) in [6.07, 6.45) is 6.35. The van der Waals surface area contributed by atoms with Crippen LogP contribution in [0.3, 0.4) is 0 Å². The van der Waals surface area contributed by atoms with Crippen LogP contribution in [-0.4, -0.2) is 75.4 Å². The molecule has 0 aliphatic carbocycles. The van der Waals surface area contributed by atoms with Crippen molar-refractivity contribution in [3.05, 3.63) is 35.4 Å². The number of rotatable bonds is 7. The van der Waals surface area contributed by atoms with Gasteiger partial charge in [0.05, 0.1) is 18.8 Å². The van der Waals surface area contributed by atoms with Gasteiger partial charge in [-0.05, 0) is 57.3 Å². The summed E-state index contributed by atoms with van der Waals surface area (Å²) in [7, 11) is 6.09. The van der Waals surface area contributed by atoms with Gasteiger partial charge in [-0.3, -0.25) is 4.99 Å². The lowest BCUT2D eigenvalue weighted by Crippen LogP contribution is -2.47. The molecule has 1 unspecified atom stereocenters. The van der Waals surface area contributed by atoms with Gasteiger partial charge in [0.25, 0.3) is 0 Å². The van der Waals surface area contributed by atoms with Gasteiger partial charge in [-0.2, -0.15) is 0 Å². The van der Waals surface area contributed by atoms with Crippen LogP contribution < -0.4 is 5.32 Å². The molecule has 2 saturated heterocycles. The summed E-state index contributed by atoms with van der Waals surface area (Å²) < 4.78 is 11.9. The van der Waals surface area contributed by atoms with Crippen molar-refractivity contribution in [2.45, 2.75) is 57.4 Å². The van der Waals surface area contributed by atoms with Crippen LogP contribution in [0.25, 0.3) is 0 Å². The van der Waals surface area contributed by atoms with E-state index in [1.807, 2.05) is 7.05 Å². The average Bonchev–Trinajstić information content (AvgIpc) is 2.75. The van der Waals surface area contributed by atoms with Crippen molar-refractivity contribution < 1.29 is 9.47 Å². The minimum Gasteiger partial charge on any atom is -0.376 e. The highest BCUT2D eigenvalue weighted by atomic mass is 127. The second-order valence-electron chi connectivity index (χ2n) is 8.42. The maximum atomic E-state index is 6.15. The molecule has 170 valence electrons. The number of nitrogens with one attached hydrogen (secondary N) is 1. The maximum Gasteiger partial charge on any atom is 0.193 e. The molecule has 3 rings (SSSR count). The van der Waals surface area contributed by atoms with Crippen LogP contribution in [0, 0.1) is 0 Å². The van der Waals surface area contributed by atoms with E-state index in [1.54, 1.807) is 0 Å². The molecule has 2 aliphatic heterocycles. The van der Waals surface area contributed by atoms with Gasteiger partial charge in [0.2, 0.25) is 0 Å². The maximum absolute atomic E-state index is 6.15. The topological polar surface area (TPSA) is 49.3 Å². The molecule has 0 bridgehead atoms. The largest absolute Gasteiger partial charge is 0.376 e. The molecule has 1 N–H and O–H groups in total. The van der Waals surface area contributed by atoms with E-state index < -0.39 is 0 Å². The van der Waals surface area contributed by atoms with Gasteiger partial charge in [0.15, 0.2) is 5.96 Å². The first-order chi connectivity index (χ1) is 14.2. The van der Waals surface area contributed by atoms with Crippen LogP contribution in [0.15, 0.2) is 29.3 Å². The first-order valence-corrected chi connectivity index (χ1v) is 11.1. The summed E-state index contributed by atoms with van der Waals surface area (Å²) in [6.45, 7) is 5.35. The minimum absolute atomic E-state index is 0. The van der Waals surface area contributed by atoms with E-state index in [2.05, 4.69) is 58.5 Å². The van der Waals surface area contributed by atoms with E-state index in [-0.39, 0.29) is 24.0 Å². The number of benzene rings is 1. The highest BCUT2D eigenvalue weighted by Crippen LogP contribution is 2.18. The van der Waals surface area contributed by atoms with Crippen molar-refractivity contribution in [3.8, 4) is 0 Å². The van der Waals surface area contributed by atoms with E-state index in [1.165, 1.54) is 24.0 Å². The Morgan fingerprint density at radius 3 is 2.53 bits per heavy atom. The van der Waals surface area contributed by atoms with Crippen molar-refractivity contribution in [3.63, 3.8) is 0 Å². The second-order valence-corrected chi connectivity index (χ2v) is 8.42. The summed E-state index contributed by atoms with van der Waals surface area (Å²) in [6, 6.07) is 8.63. The van der Waals surface area contributed by atoms with Gasteiger partial charge in [-0.1, -0.05) is 24.3 Å². The zero-order chi connectivity index (χ0) is 20.5. The number of nitrogens with zero attached hydrogens (tertiary/aromatic N) is 3. The van der Waals surface area contributed by atoms with Crippen molar-refractivity contribution in [2.75, 3.05) is 47.4 Å². The Morgan fingerprint density at radius 2 is 1.90 bits per heavy atom. The molecule has 1 atom stereocenters. The lowest BCUT2D eigenvalue weighted by atomic mass is 10.1. The molecule has 2 heterocycles. The Balaban J connectivity index is 0.00000320. The molecule has 6 nitrogen and oxygen atoms in total. The number of hydrogen-bond acceptors (Lipinski definition) is 4. The summed E-state index contributed by atoms with van der Waals surface area (Å²) in [4.78, 5) is 9.08. The normalized spacial score (nSPS) is 20.9. The third-order valence-corrected chi connectivity index (χ3v) is 5.79. The summed E-state index contributed by atoms with van der Waals surface area (Å²) >= 11 is 0. The number of likely N-dealkylation sites (tertiary alicyclic amines) is 1. The van der Waals surface area contributed by atoms with Gasteiger partial charge >= 0.3 is 0 Å². The van der Waals surface area contributed by atoms with Gasteiger partial charge in [-0.15, -0.1) is 24.0 Å². The quantitative estimate of drug-likeness (QED) is 0.333. The number of aliphatic imine (C=N–C) groups is 1. The molecular formula is C23H39IN4O2. The minimum atomic E-state index is 0. The molecule has 30 heavy (non-hydrogen) atoms. The van der Waals surface area contributed by atoms with Crippen molar-refractivity contribution in [1.82, 2.24) is 15.1 Å². The first kappa shape index (κ1) is 25.4. The van der Waals surface area contributed by atoms with Crippen molar-refractivity contribution >= 4 is 29.9 Å². The van der Waals surface area contributed by atoms with E-state index >= 15 is 0 Å². The van der Waals surface area contributed by atoms with Gasteiger partial charge in [0, 0.05) is 39.8 Å². The van der Waals surface area contributed by atoms with Gasteiger partial charge in [-0.25, -0.2) is 0 Å². The van der Waals surface area contributed by atoms with Crippen LogP contribution in [0.2, 0.25) is 0 Å². The number of halogens is 1. The van der Waals surface area contributed by atoms with E-state index in [0.717, 1.165) is 64.6 Å². The van der Waals surface area contributed by atoms with Crippen LogP contribution >= 0.6 is 24.0 Å². The SMILES string of the molecule is CN=C(NCc1ccccc1CN(C)C)N1CCC(OCC2CCCCO2)CC1.I. The van der Waals surface area contributed by atoms with Crippen molar-refractivity contribution in [2.24, 2.45) is 4.99 Å². The first-order valence-electron chi connectivity index (χ1n) is 11.1. The van der Waals surface area contributed by atoms with Crippen molar-refractivity contribution in [1.29, 1.82) is 0 Å². The molecule has 2 aliphatic rings. The van der Waals surface area contributed by atoms with Crippen LogP contribution in [0.1, 0.15) is 43.2 Å². The molecule has 0 saturated carbocycles. The number of guanidine groups is 1. The lowest BCUT2D eigenvalue weighted by molar-refractivity contribution is -0.0721. The van der Waals surface area contributed by atoms with Gasteiger partial charge in [0.1, 0.15) is 0 Å². The monoisotopic (exact) mass is 530 g/mol. The zero-order valence-electron chi connectivity index (χ0n) is 18.8. The Labute approximate surface area is 199 Å². The number of ether oxygens (including phenoxy) is 2. The average molecular weight is 530 g/mol. The molecule has 0 aromatic heterocycles. The summed E-state index contributed by atoms with van der Waals surface area (Å²) in [5.41, 5.74) is 2.69. The number of hydrogen-bond donors (Lipinski definition) is 1. The predicted octanol–water partition coefficient (Wildman–Crippen LogP) is 3.49. The lowest BCUT2D eigenvalue weighted by Gasteiger charge is -2.35. The molecule has 2 fully saturated rings. The van der Waals surface area contributed by atoms with E-state index in [4.69, 9.17) is 9.47 Å². The Bertz CT molecular complexity index is 642. The van der Waals surface area contributed by atoms with Crippen LogP contribution in [0.4, 0.5) is 0 Å². The van der Waals surface area contributed by atoms with E-state index in [9.17, 15) is 0 Å². The smallest absolute Gasteiger partial charge is 0.193 e. The fraction of sp³-hybridized carbons (Fsp3) is 0.696. The highest BCUT2D eigenvalue weighted by Gasteiger charge is 2.23. The third kappa shape index (κ3) is 7.98. The fourth-order valence-electron chi connectivity index (χ4n) is 4.15. The van der Waals surface area contributed by atoms with Crippen LogP contribution in [0.5, 0.6) is 0 Å². The zero-order valence-corrected chi connectivity index (χ0v) is 21.1. The summed E-state index contributed by atoms with van der Waals surface area (Å²) in [5.74, 6) is 0.985. The molecule has 1 aromatic rings. The number of piperidine rings is 1. The highest BCUT2D eigenvalue weighted by molar-refractivity contribution is 14.0.